The van der Waals surface area contributed by atoms with Crippen LogP contribution in [0.4, 0.5) is 5.69 Å². The van der Waals surface area contributed by atoms with Crippen molar-refractivity contribution in [1.29, 1.82) is 5.26 Å². The van der Waals surface area contributed by atoms with Crippen LogP contribution in [0.5, 0.6) is 0 Å². The van der Waals surface area contributed by atoms with Crippen LogP contribution in [0, 0.1) is 11.3 Å². The number of anilines is 1. The van der Waals surface area contributed by atoms with Gasteiger partial charge in [-0.25, -0.2) is 0 Å². The minimum atomic E-state index is -0.439. The lowest BCUT2D eigenvalue weighted by Gasteiger charge is -2.17. The van der Waals surface area contributed by atoms with Crippen LogP contribution in [0.2, 0.25) is 5.02 Å². The van der Waals surface area contributed by atoms with E-state index in [1.54, 1.807) is 24.3 Å². The summed E-state index contributed by atoms with van der Waals surface area (Å²) < 4.78 is 0. The molecule has 0 aliphatic rings. The summed E-state index contributed by atoms with van der Waals surface area (Å²) >= 11 is 5.79. The van der Waals surface area contributed by atoms with Gasteiger partial charge in [-0.05, 0) is 50.3 Å². The SMILES string of the molecule is CCN(CC)CCCN/C=C(/C#N)C(=O)Nc1ccc(Cl)cc1. The number of nitriles is 1. The highest BCUT2D eigenvalue weighted by Crippen LogP contribution is 2.13. The molecule has 0 bridgehead atoms. The predicted molar refractivity (Wildman–Crippen MR) is 94.2 cm³/mol. The van der Waals surface area contributed by atoms with Crippen LogP contribution >= 0.6 is 11.6 Å². The minimum Gasteiger partial charge on any atom is -0.390 e. The first-order valence-electron chi connectivity index (χ1n) is 7.73. The zero-order valence-electron chi connectivity index (χ0n) is 13.6. The number of nitrogens with zero attached hydrogens (tertiary/aromatic N) is 2. The lowest BCUT2D eigenvalue weighted by atomic mass is 10.2. The van der Waals surface area contributed by atoms with E-state index >= 15 is 0 Å². The van der Waals surface area contributed by atoms with Crippen LogP contribution in [0.1, 0.15) is 20.3 Å². The second-order valence-corrected chi connectivity index (χ2v) is 5.40. The van der Waals surface area contributed by atoms with Gasteiger partial charge in [-0.1, -0.05) is 25.4 Å². The van der Waals surface area contributed by atoms with Gasteiger partial charge < -0.3 is 15.5 Å². The zero-order chi connectivity index (χ0) is 17.1. The van der Waals surface area contributed by atoms with Crippen LogP contribution in [0.25, 0.3) is 0 Å². The van der Waals surface area contributed by atoms with Gasteiger partial charge in [0, 0.05) is 23.5 Å². The minimum absolute atomic E-state index is 0.0442. The van der Waals surface area contributed by atoms with Gasteiger partial charge >= 0.3 is 0 Å². The van der Waals surface area contributed by atoms with Crippen molar-refractivity contribution >= 4 is 23.2 Å². The smallest absolute Gasteiger partial charge is 0.267 e. The fraction of sp³-hybridized carbons (Fsp3) is 0.412. The maximum Gasteiger partial charge on any atom is 0.267 e. The molecule has 0 aromatic heterocycles. The molecule has 124 valence electrons. The third-order valence-corrected chi connectivity index (χ3v) is 3.66. The van der Waals surface area contributed by atoms with Crippen molar-refractivity contribution in [2.45, 2.75) is 20.3 Å². The molecule has 0 radical (unpaired) electrons. The largest absolute Gasteiger partial charge is 0.390 e. The molecule has 0 heterocycles. The molecule has 0 aliphatic heterocycles. The number of nitrogens with one attached hydrogen (secondary N) is 2. The summed E-state index contributed by atoms with van der Waals surface area (Å²) in [4.78, 5) is 14.3. The normalized spacial score (nSPS) is 11.2. The number of benzene rings is 1. The van der Waals surface area contributed by atoms with Crippen molar-refractivity contribution in [3.05, 3.63) is 41.1 Å². The number of hydrogen-bond acceptors (Lipinski definition) is 4. The summed E-state index contributed by atoms with van der Waals surface area (Å²) in [6.45, 7) is 8.03. The molecule has 0 atom stereocenters. The van der Waals surface area contributed by atoms with E-state index in [1.165, 1.54) is 6.20 Å². The van der Waals surface area contributed by atoms with Gasteiger partial charge in [0.25, 0.3) is 5.91 Å². The second-order valence-electron chi connectivity index (χ2n) is 4.97. The van der Waals surface area contributed by atoms with Crippen LogP contribution in [0.15, 0.2) is 36.0 Å². The molecule has 23 heavy (non-hydrogen) atoms. The Bertz CT molecular complexity index is 559. The number of carbonyl (C=O) groups is 1. The molecule has 1 rings (SSSR count). The molecular formula is C17H23ClN4O. The van der Waals surface area contributed by atoms with E-state index in [0.717, 1.165) is 32.6 Å². The highest BCUT2D eigenvalue weighted by atomic mass is 35.5. The molecule has 1 aromatic rings. The highest BCUT2D eigenvalue weighted by Gasteiger charge is 2.09. The molecule has 0 saturated heterocycles. The molecule has 0 fully saturated rings. The number of rotatable bonds is 9. The standard InChI is InChI=1S/C17H23ClN4O/c1-3-22(4-2)11-5-10-20-13-14(12-19)17(23)21-16-8-6-15(18)7-9-16/h6-9,13,20H,3-5,10-11H2,1-2H3,(H,21,23)/b14-13-. The summed E-state index contributed by atoms with van der Waals surface area (Å²) in [5.74, 6) is -0.439. The van der Waals surface area contributed by atoms with Gasteiger partial charge in [0.15, 0.2) is 0 Å². The van der Waals surface area contributed by atoms with E-state index in [2.05, 4.69) is 29.4 Å². The predicted octanol–water partition coefficient (Wildman–Crippen LogP) is 3.01. The molecule has 1 amide bonds. The Balaban J connectivity index is 2.44. The molecule has 0 unspecified atom stereocenters. The number of amides is 1. The molecular weight excluding hydrogens is 312 g/mol. The molecule has 0 saturated carbocycles. The Morgan fingerprint density at radius 3 is 2.52 bits per heavy atom. The van der Waals surface area contributed by atoms with E-state index in [4.69, 9.17) is 16.9 Å². The Morgan fingerprint density at radius 1 is 1.30 bits per heavy atom. The van der Waals surface area contributed by atoms with Crippen molar-refractivity contribution in [2.24, 2.45) is 0 Å². The van der Waals surface area contributed by atoms with Crippen molar-refractivity contribution < 1.29 is 4.79 Å². The molecule has 5 nitrogen and oxygen atoms in total. The van der Waals surface area contributed by atoms with Gasteiger partial charge in [0.2, 0.25) is 0 Å². The van der Waals surface area contributed by atoms with Crippen molar-refractivity contribution in [3.8, 4) is 6.07 Å². The Hall–Kier alpha value is -2.03. The average Bonchev–Trinajstić information content (AvgIpc) is 2.56. The first-order valence-corrected chi connectivity index (χ1v) is 8.11. The van der Waals surface area contributed by atoms with E-state index in [0.29, 0.717) is 10.7 Å². The lowest BCUT2D eigenvalue weighted by Crippen LogP contribution is -2.26. The number of halogens is 1. The third kappa shape index (κ3) is 7.18. The molecule has 6 heteroatoms. The summed E-state index contributed by atoms with van der Waals surface area (Å²) in [5.41, 5.74) is 0.643. The fourth-order valence-corrected chi connectivity index (χ4v) is 2.13. The monoisotopic (exact) mass is 334 g/mol. The van der Waals surface area contributed by atoms with Crippen molar-refractivity contribution in [1.82, 2.24) is 10.2 Å². The average molecular weight is 335 g/mol. The highest BCUT2D eigenvalue weighted by molar-refractivity contribution is 6.30. The third-order valence-electron chi connectivity index (χ3n) is 3.40. The lowest BCUT2D eigenvalue weighted by molar-refractivity contribution is -0.112. The summed E-state index contributed by atoms with van der Waals surface area (Å²) in [6, 6.07) is 8.64. The van der Waals surface area contributed by atoms with E-state index in [9.17, 15) is 4.79 Å². The first-order chi connectivity index (χ1) is 11.1. The number of hydrogen-bond donors (Lipinski definition) is 2. The van der Waals surface area contributed by atoms with Crippen LogP contribution in [-0.4, -0.2) is 37.0 Å². The van der Waals surface area contributed by atoms with Gasteiger partial charge in [0.1, 0.15) is 11.6 Å². The van der Waals surface area contributed by atoms with E-state index < -0.39 is 5.91 Å². The quantitative estimate of drug-likeness (QED) is 0.414. The van der Waals surface area contributed by atoms with E-state index in [1.807, 2.05) is 6.07 Å². The Kier molecular flexibility index (Phi) is 8.81. The summed E-state index contributed by atoms with van der Waals surface area (Å²) in [7, 11) is 0. The van der Waals surface area contributed by atoms with Crippen LogP contribution in [-0.2, 0) is 4.79 Å². The first kappa shape index (κ1) is 19.0. The van der Waals surface area contributed by atoms with Crippen molar-refractivity contribution in [3.63, 3.8) is 0 Å². The Labute approximate surface area is 142 Å². The molecule has 1 aromatic carbocycles. The van der Waals surface area contributed by atoms with Crippen LogP contribution < -0.4 is 10.6 Å². The van der Waals surface area contributed by atoms with Gasteiger partial charge in [-0.15, -0.1) is 0 Å². The maximum absolute atomic E-state index is 12.0. The van der Waals surface area contributed by atoms with Crippen molar-refractivity contribution in [2.75, 3.05) is 31.5 Å². The topological polar surface area (TPSA) is 68.2 Å². The van der Waals surface area contributed by atoms with Gasteiger partial charge in [-0.3, -0.25) is 4.79 Å². The summed E-state index contributed by atoms with van der Waals surface area (Å²) in [6.07, 6.45) is 2.42. The zero-order valence-corrected chi connectivity index (χ0v) is 14.4. The number of carbonyl (C=O) groups excluding carboxylic acids is 1. The molecule has 2 N–H and O–H groups in total. The Morgan fingerprint density at radius 2 is 1.96 bits per heavy atom. The van der Waals surface area contributed by atoms with Gasteiger partial charge in [0.05, 0.1) is 0 Å². The van der Waals surface area contributed by atoms with Crippen LogP contribution in [0.3, 0.4) is 0 Å². The van der Waals surface area contributed by atoms with E-state index in [-0.39, 0.29) is 5.57 Å². The second kappa shape index (κ2) is 10.7. The fourth-order valence-electron chi connectivity index (χ4n) is 2.00. The summed E-state index contributed by atoms with van der Waals surface area (Å²) in [5, 5.41) is 15.4. The molecule has 0 spiro atoms. The van der Waals surface area contributed by atoms with Gasteiger partial charge in [-0.2, -0.15) is 5.26 Å². The maximum atomic E-state index is 12.0. The molecule has 0 aliphatic carbocycles.